The van der Waals surface area contributed by atoms with Gasteiger partial charge in [0, 0.05) is 23.7 Å². The zero-order chi connectivity index (χ0) is 9.68. The van der Waals surface area contributed by atoms with E-state index in [0.29, 0.717) is 17.4 Å². The molecular weight excluding hydrogens is 206 g/mol. The molecule has 1 N–H and O–H groups in total. The molecule has 0 aromatic carbocycles. The third-order valence-corrected chi connectivity index (χ3v) is 2.64. The molecule has 1 aromatic heterocycles. The number of thioether (sulfide) groups is 1. The number of rotatable bonds is 4. The second-order valence-corrected chi connectivity index (χ2v) is 4.18. The van der Waals surface area contributed by atoms with Gasteiger partial charge in [-0.15, -0.1) is 0 Å². The topological polar surface area (TPSA) is 54.9 Å². The molecule has 1 heterocycles. The van der Waals surface area contributed by atoms with Gasteiger partial charge < -0.3 is 5.32 Å². The average molecular weight is 217 g/mol. The van der Waals surface area contributed by atoms with E-state index in [1.807, 2.05) is 6.26 Å². The van der Waals surface area contributed by atoms with Crippen LogP contribution in [0.15, 0.2) is 0 Å². The summed E-state index contributed by atoms with van der Waals surface area (Å²) in [7, 11) is 0. The second kappa shape index (κ2) is 5.18. The van der Waals surface area contributed by atoms with Crippen LogP contribution in [0.5, 0.6) is 0 Å². The molecule has 0 saturated carbocycles. The quantitative estimate of drug-likeness (QED) is 0.831. The molecule has 72 valence electrons. The Morgan fingerprint density at radius 3 is 3.00 bits per heavy atom. The molecule has 0 spiro atoms. The molecule has 0 atom stereocenters. The van der Waals surface area contributed by atoms with Crippen molar-refractivity contribution in [3.8, 4) is 0 Å². The molecule has 1 rings (SSSR count). The van der Waals surface area contributed by atoms with E-state index in [-0.39, 0.29) is 5.91 Å². The van der Waals surface area contributed by atoms with Gasteiger partial charge in [0.25, 0.3) is 0 Å². The molecule has 0 fully saturated rings. The minimum Gasteiger partial charge on any atom is -0.301 e. The lowest BCUT2D eigenvalue weighted by Crippen LogP contribution is -2.11. The molecule has 0 unspecified atom stereocenters. The van der Waals surface area contributed by atoms with Gasteiger partial charge in [0.15, 0.2) is 0 Å². The minimum absolute atomic E-state index is 0.00509. The van der Waals surface area contributed by atoms with Crippen LogP contribution in [0, 0.1) is 6.92 Å². The highest BCUT2D eigenvalue weighted by Crippen LogP contribution is 2.10. The number of hydrogen-bond donors (Lipinski definition) is 1. The summed E-state index contributed by atoms with van der Waals surface area (Å²) < 4.78 is 3.96. The lowest BCUT2D eigenvalue weighted by atomic mass is 10.5. The molecule has 6 heteroatoms. The minimum atomic E-state index is 0.00509. The van der Waals surface area contributed by atoms with Gasteiger partial charge in [-0.05, 0) is 13.2 Å². The number of nitrogens with zero attached hydrogens (tertiary/aromatic N) is 2. The van der Waals surface area contributed by atoms with Crippen molar-refractivity contribution in [2.75, 3.05) is 17.3 Å². The monoisotopic (exact) mass is 217 g/mol. The van der Waals surface area contributed by atoms with Crippen LogP contribution in [0.4, 0.5) is 5.13 Å². The van der Waals surface area contributed by atoms with Crippen LogP contribution in [-0.2, 0) is 4.79 Å². The zero-order valence-electron chi connectivity index (χ0n) is 7.53. The van der Waals surface area contributed by atoms with Crippen molar-refractivity contribution < 1.29 is 4.79 Å². The first-order valence-corrected chi connectivity index (χ1v) is 5.98. The molecule has 1 amide bonds. The summed E-state index contributed by atoms with van der Waals surface area (Å²) in [5.74, 6) is 1.54. The number of nitrogens with one attached hydrogen (secondary N) is 1. The van der Waals surface area contributed by atoms with E-state index < -0.39 is 0 Å². The standard InChI is InChI=1S/C7H11N3OS2/c1-5-8-7(13-10-5)9-6(11)3-4-12-2/h3-4H2,1-2H3,(H,8,9,10,11). The maximum absolute atomic E-state index is 11.2. The van der Waals surface area contributed by atoms with Crippen molar-refractivity contribution >= 4 is 34.3 Å². The van der Waals surface area contributed by atoms with Crippen molar-refractivity contribution in [2.45, 2.75) is 13.3 Å². The largest absolute Gasteiger partial charge is 0.301 e. The Morgan fingerprint density at radius 1 is 1.69 bits per heavy atom. The summed E-state index contributed by atoms with van der Waals surface area (Å²) in [5, 5.41) is 3.28. The van der Waals surface area contributed by atoms with Crippen molar-refractivity contribution in [3.63, 3.8) is 0 Å². The normalized spacial score (nSPS) is 10.0. The zero-order valence-corrected chi connectivity index (χ0v) is 9.17. The first-order valence-electron chi connectivity index (χ1n) is 3.81. The number of aromatic nitrogens is 2. The van der Waals surface area contributed by atoms with Crippen molar-refractivity contribution in [1.82, 2.24) is 9.36 Å². The van der Waals surface area contributed by atoms with E-state index in [0.717, 1.165) is 5.75 Å². The van der Waals surface area contributed by atoms with Crippen LogP contribution in [-0.4, -0.2) is 27.3 Å². The molecule has 0 radical (unpaired) electrons. The van der Waals surface area contributed by atoms with Gasteiger partial charge in [-0.2, -0.15) is 16.1 Å². The highest BCUT2D eigenvalue weighted by molar-refractivity contribution is 7.98. The number of carbonyl (C=O) groups is 1. The van der Waals surface area contributed by atoms with Gasteiger partial charge >= 0.3 is 0 Å². The molecule has 0 saturated heterocycles. The Balaban J connectivity index is 2.36. The number of aryl methyl sites for hydroxylation is 1. The summed E-state index contributed by atoms with van der Waals surface area (Å²) in [6.45, 7) is 1.80. The van der Waals surface area contributed by atoms with E-state index in [1.165, 1.54) is 11.5 Å². The molecule has 1 aromatic rings. The fourth-order valence-corrected chi connectivity index (χ4v) is 1.71. The summed E-state index contributed by atoms with van der Waals surface area (Å²) in [6.07, 6.45) is 2.50. The summed E-state index contributed by atoms with van der Waals surface area (Å²) in [4.78, 5) is 15.2. The first kappa shape index (κ1) is 10.5. The van der Waals surface area contributed by atoms with Crippen LogP contribution < -0.4 is 5.32 Å². The van der Waals surface area contributed by atoms with Crippen LogP contribution >= 0.6 is 23.3 Å². The van der Waals surface area contributed by atoms with Crippen LogP contribution in [0.25, 0.3) is 0 Å². The Kier molecular flexibility index (Phi) is 4.17. The van der Waals surface area contributed by atoms with Gasteiger partial charge in [0.05, 0.1) is 0 Å². The number of anilines is 1. The Labute approximate surface area is 85.3 Å². The predicted octanol–water partition coefficient (Wildman–Crippen LogP) is 1.54. The molecule has 0 aliphatic heterocycles. The fourth-order valence-electron chi connectivity index (χ4n) is 0.724. The summed E-state index contributed by atoms with van der Waals surface area (Å²) in [5.41, 5.74) is 0. The maximum Gasteiger partial charge on any atom is 0.227 e. The lowest BCUT2D eigenvalue weighted by Gasteiger charge is -1.98. The van der Waals surface area contributed by atoms with Gasteiger partial charge in [-0.3, -0.25) is 4.79 Å². The molecule has 0 aliphatic rings. The Morgan fingerprint density at radius 2 is 2.46 bits per heavy atom. The van der Waals surface area contributed by atoms with Gasteiger partial charge in [-0.25, -0.2) is 4.98 Å². The highest BCUT2D eigenvalue weighted by Gasteiger charge is 2.04. The Hall–Kier alpha value is -0.620. The van der Waals surface area contributed by atoms with Crippen molar-refractivity contribution in [2.24, 2.45) is 0 Å². The molecule has 0 aliphatic carbocycles. The molecule has 4 nitrogen and oxygen atoms in total. The smallest absolute Gasteiger partial charge is 0.227 e. The third-order valence-electron chi connectivity index (χ3n) is 1.31. The Bertz CT molecular complexity index is 287. The second-order valence-electron chi connectivity index (χ2n) is 2.44. The highest BCUT2D eigenvalue weighted by atomic mass is 32.2. The fraction of sp³-hybridized carbons (Fsp3) is 0.571. The van der Waals surface area contributed by atoms with Gasteiger partial charge in [0.1, 0.15) is 5.82 Å². The van der Waals surface area contributed by atoms with Gasteiger partial charge in [-0.1, -0.05) is 0 Å². The number of amides is 1. The molecule has 0 bridgehead atoms. The summed E-state index contributed by atoms with van der Waals surface area (Å²) >= 11 is 2.86. The van der Waals surface area contributed by atoms with E-state index in [1.54, 1.807) is 18.7 Å². The number of hydrogen-bond acceptors (Lipinski definition) is 5. The van der Waals surface area contributed by atoms with E-state index in [9.17, 15) is 4.79 Å². The van der Waals surface area contributed by atoms with Crippen LogP contribution in [0.1, 0.15) is 12.2 Å². The number of carbonyl (C=O) groups excluding carboxylic acids is 1. The predicted molar refractivity (Wildman–Crippen MR) is 56.3 cm³/mol. The molecular formula is C7H11N3OS2. The van der Waals surface area contributed by atoms with Crippen LogP contribution in [0.3, 0.4) is 0 Å². The van der Waals surface area contributed by atoms with E-state index in [4.69, 9.17) is 0 Å². The first-order chi connectivity index (χ1) is 6.22. The van der Waals surface area contributed by atoms with Crippen molar-refractivity contribution in [1.29, 1.82) is 0 Å². The maximum atomic E-state index is 11.2. The SMILES string of the molecule is CSCCC(=O)Nc1nc(C)ns1. The van der Waals surface area contributed by atoms with E-state index >= 15 is 0 Å². The van der Waals surface area contributed by atoms with Crippen LogP contribution in [0.2, 0.25) is 0 Å². The molecule has 13 heavy (non-hydrogen) atoms. The average Bonchev–Trinajstić information content (AvgIpc) is 2.48. The lowest BCUT2D eigenvalue weighted by molar-refractivity contribution is -0.115. The van der Waals surface area contributed by atoms with Gasteiger partial charge in [0.2, 0.25) is 11.0 Å². The summed E-state index contributed by atoms with van der Waals surface area (Å²) in [6, 6.07) is 0. The van der Waals surface area contributed by atoms with Crippen molar-refractivity contribution in [3.05, 3.63) is 5.82 Å². The van der Waals surface area contributed by atoms with E-state index in [2.05, 4.69) is 14.7 Å². The third kappa shape index (κ3) is 3.73.